The molecule has 7 heteroatoms. The van der Waals surface area contributed by atoms with Gasteiger partial charge in [-0.05, 0) is 27.7 Å². The van der Waals surface area contributed by atoms with Gasteiger partial charge in [0.1, 0.15) is 5.82 Å². The Balaban J connectivity index is 2.06. The largest absolute Gasteiger partial charge is 0.450 e. The van der Waals surface area contributed by atoms with Crippen molar-refractivity contribution in [2.45, 2.75) is 27.7 Å². The van der Waals surface area contributed by atoms with E-state index in [9.17, 15) is 9.59 Å². The number of rotatable bonds is 2. The van der Waals surface area contributed by atoms with E-state index in [1.54, 1.807) is 16.7 Å². The summed E-state index contributed by atoms with van der Waals surface area (Å²) in [7, 11) is 0. The predicted molar refractivity (Wildman–Crippen MR) is 80.7 cm³/mol. The SMILES string of the molecule is CCOC(=O)N1CCN(C(=O)c2c(C)nc(C)nc2C)CC1. The molecule has 0 spiro atoms. The fourth-order valence-electron chi connectivity index (χ4n) is 2.66. The fraction of sp³-hybridized carbons (Fsp3) is 0.600. The Morgan fingerprint density at radius 2 is 1.50 bits per heavy atom. The van der Waals surface area contributed by atoms with Crippen LogP contribution < -0.4 is 0 Å². The Bertz CT molecular complexity index is 557. The lowest BCUT2D eigenvalue weighted by Gasteiger charge is -2.34. The maximum absolute atomic E-state index is 12.7. The van der Waals surface area contributed by atoms with E-state index in [1.807, 2.05) is 20.8 Å². The quantitative estimate of drug-likeness (QED) is 0.823. The molecule has 1 aliphatic rings. The minimum Gasteiger partial charge on any atom is -0.450 e. The van der Waals surface area contributed by atoms with Gasteiger partial charge in [-0.2, -0.15) is 0 Å². The molecule has 0 N–H and O–H groups in total. The summed E-state index contributed by atoms with van der Waals surface area (Å²) < 4.78 is 4.98. The lowest BCUT2D eigenvalue weighted by atomic mass is 10.1. The third-order valence-electron chi connectivity index (χ3n) is 3.69. The zero-order chi connectivity index (χ0) is 16.3. The first-order valence-corrected chi connectivity index (χ1v) is 7.46. The summed E-state index contributed by atoms with van der Waals surface area (Å²) >= 11 is 0. The van der Waals surface area contributed by atoms with E-state index in [4.69, 9.17) is 4.74 Å². The van der Waals surface area contributed by atoms with Gasteiger partial charge in [0.2, 0.25) is 0 Å². The highest BCUT2D eigenvalue weighted by molar-refractivity contribution is 5.96. The Hall–Kier alpha value is -2.18. The van der Waals surface area contributed by atoms with Crippen LogP contribution in [0.5, 0.6) is 0 Å². The molecule has 120 valence electrons. The van der Waals surface area contributed by atoms with Gasteiger partial charge in [-0.1, -0.05) is 0 Å². The molecule has 1 aliphatic heterocycles. The maximum Gasteiger partial charge on any atom is 0.409 e. The van der Waals surface area contributed by atoms with Gasteiger partial charge in [0.05, 0.1) is 23.6 Å². The van der Waals surface area contributed by atoms with Crippen LogP contribution in [0.15, 0.2) is 0 Å². The van der Waals surface area contributed by atoms with Crippen LogP contribution in [0.2, 0.25) is 0 Å². The molecule has 1 fully saturated rings. The van der Waals surface area contributed by atoms with Crippen molar-refractivity contribution in [1.29, 1.82) is 0 Å². The van der Waals surface area contributed by atoms with E-state index in [2.05, 4.69) is 9.97 Å². The summed E-state index contributed by atoms with van der Waals surface area (Å²) in [5, 5.41) is 0. The van der Waals surface area contributed by atoms with Crippen LogP contribution in [-0.2, 0) is 4.74 Å². The van der Waals surface area contributed by atoms with Crippen molar-refractivity contribution >= 4 is 12.0 Å². The Labute approximate surface area is 130 Å². The molecule has 1 aromatic rings. The first-order chi connectivity index (χ1) is 10.4. The molecule has 1 aromatic heterocycles. The topological polar surface area (TPSA) is 75.6 Å². The molecule has 2 rings (SSSR count). The Morgan fingerprint density at radius 1 is 1.00 bits per heavy atom. The molecule has 0 unspecified atom stereocenters. The Kier molecular flexibility index (Phi) is 4.95. The van der Waals surface area contributed by atoms with Gasteiger partial charge in [-0.15, -0.1) is 0 Å². The van der Waals surface area contributed by atoms with Crippen molar-refractivity contribution < 1.29 is 14.3 Å². The zero-order valence-corrected chi connectivity index (χ0v) is 13.5. The summed E-state index contributed by atoms with van der Waals surface area (Å²) in [6, 6.07) is 0. The number of nitrogens with zero attached hydrogens (tertiary/aromatic N) is 4. The first kappa shape index (κ1) is 16.2. The number of ether oxygens (including phenoxy) is 1. The molecule has 1 saturated heterocycles. The summed E-state index contributed by atoms with van der Waals surface area (Å²) in [5.74, 6) is 0.595. The van der Waals surface area contributed by atoms with Crippen LogP contribution in [0, 0.1) is 20.8 Å². The van der Waals surface area contributed by atoms with Crippen molar-refractivity contribution in [3.8, 4) is 0 Å². The van der Waals surface area contributed by atoms with Gasteiger partial charge >= 0.3 is 6.09 Å². The number of hydrogen-bond donors (Lipinski definition) is 0. The second-order valence-corrected chi connectivity index (χ2v) is 5.29. The van der Waals surface area contributed by atoms with E-state index in [1.165, 1.54) is 0 Å². The molecule has 22 heavy (non-hydrogen) atoms. The normalized spacial score (nSPS) is 14.9. The van der Waals surface area contributed by atoms with Crippen LogP contribution in [0.25, 0.3) is 0 Å². The zero-order valence-electron chi connectivity index (χ0n) is 13.5. The molecule has 7 nitrogen and oxygen atoms in total. The average Bonchev–Trinajstić information content (AvgIpc) is 2.46. The summed E-state index contributed by atoms with van der Waals surface area (Å²) in [6.07, 6.45) is -0.319. The van der Waals surface area contributed by atoms with E-state index in [0.717, 1.165) is 0 Å². The smallest absolute Gasteiger partial charge is 0.409 e. The first-order valence-electron chi connectivity index (χ1n) is 7.46. The molecule has 2 amide bonds. The van der Waals surface area contributed by atoms with Gasteiger partial charge < -0.3 is 14.5 Å². The van der Waals surface area contributed by atoms with Gasteiger partial charge in [0, 0.05) is 26.2 Å². The highest BCUT2D eigenvalue weighted by atomic mass is 16.6. The van der Waals surface area contributed by atoms with E-state index in [0.29, 0.717) is 55.6 Å². The number of carbonyl (C=O) groups is 2. The number of piperazine rings is 1. The van der Waals surface area contributed by atoms with Crippen molar-refractivity contribution in [3.63, 3.8) is 0 Å². The van der Waals surface area contributed by atoms with E-state index in [-0.39, 0.29) is 12.0 Å². The molecule has 0 radical (unpaired) electrons. The fourth-order valence-corrected chi connectivity index (χ4v) is 2.66. The molecular formula is C15H22N4O3. The highest BCUT2D eigenvalue weighted by Crippen LogP contribution is 2.15. The molecule has 0 aliphatic carbocycles. The second-order valence-electron chi connectivity index (χ2n) is 5.29. The number of carbonyl (C=O) groups excluding carboxylic acids is 2. The van der Waals surface area contributed by atoms with Gasteiger partial charge in [-0.3, -0.25) is 4.79 Å². The lowest BCUT2D eigenvalue weighted by Crippen LogP contribution is -2.51. The van der Waals surface area contributed by atoms with Crippen molar-refractivity contribution in [2.24, 2.45) is 0 Å². The average molecular weight is 306 g/mol. The van der Waals surface area contributed by atoms with Gasteiger partial charge in [-0.25, -0.2) is 14.8 Å². The van der Waals surface area contributed by atoms with Crippen molar-refractivity contribution in [2.75, 3.05) is 32.8 Å². The minimum absolute atomic E-state index is 0.0708. The molecule has 2 heterocycles. The van der Waals surface area contributed by atoms with Crippen LogP contribution in [0.4, 0.5) is 4.79 Å². The van der Waals surface area contributed by atoms with Crippen molar-refractivity contribution in [1.82, 2.24) is 19.8 Å². The molecular weight excluding hydrogens is 284 g/mol. The lowest BCUT2D eigenvalue weighted by molar-refractivity contribution is 0.0568. The maximum atomic E-state index is 12.7. The van der Waals surface area contributed by atoms with E-state index >= 15 is 0 Å². The molecule has 0 saturated carbocycles. The van der Waals surface area contributed by atoms with Gasteiger partial charge in [0.15, 0.2) is 0 Å². The third kappa shape index (κ3) is 3.35. The Morgan fingerprint density at radius 3 is 2.00 bits per heavy atom. The summed E-state index contributed by atoms with van der Waals surface area (Å²) in [5.41, 5.74) is 1.96. The van der Waals surface area contributed by atoms with Crippen molar-refractivity contribution in [3.05, 3.63) is 22.8 Å². The van der Waals surface area contributed by atoms with Crippen LogP contribution >= 0.6 is 0 Å². The molecule has 0 bridgehead atoms. The number of aromatic nitrogens is 2. The van der Waals surface area contributed by atoms with Crippen LogP contribution in [-0.4, -0.2) is 64.6 Å². The van der Waals surface area contributed by atoms with Crippen LogP contribution in [0.3, 0.4) is 0 Å². The van der Waals surface area contributed by atoms with Crippen LogP contribution in [0.1, 0.15) is 34.5 Å². The third-order valence-corrected chi connectivity index (χ3v) is 3.69. The number of hydrogen-bond acceptors (Lipinski definition) is 5. The second kappa shape index (κ2) is 6.72. The predicted octanol–water partition coefficient (Wildman–Crippen LogP) is 1.32. The monoisotopic (exact) mass is 306 g/mol. The molecule has 0 atom stereocenters. The number of amides is 2. The van der Waals surface area contributed by atoms with E-state index < -0.39 is 0 Å². The molecule has 0 aromatic carbocycles. The minimum atomic E-state index is -0.319. The van der Waals surface area contributed by atoms with Gasteiger partial charge in [0.25, 0.3) is 5.91 Å². The summed E-state index contributed by atoms with van der Waals surface area (Å²) in [6.45, 7) is 9.54. The highest BCUT2D eigenvalue weighted by Gasteiger charge is 2.27. The number of aryl methyl sites for hydroxylation is 3. The summed E-state index contributed by atoms with van der Waals surface area (Å²) in [4.78, 5) is 36.2. The standard InChI is InChI=1S/C15H22N4O3/c1-5-22-15(21)19-8-6-18(7-9-19)14(20)13-10(2)16-12(4)17-11(13)3/h5-9H2,1-4H3.